The molecule has 1 aliphatic heterocycles. The molecule has 0 spiro atoms. The van der Waals surface area contributed by atoms with Crippen molar-refractivity contribution < 1.29 is 19.1 Å². The number of nitro benzene ring substituents is 1. The van der Waals surface area contributed by atoms with E-state index in [-0.39, 0.29) is 28.5 Å². The molecule has 0 aromatic heterocycles. The van der Waals surface area contributed by atoms with Crippen LogP contribution < -0.4 is 19.5 Å². The first-order valence-corrected chi connectivity index (χ1v) is 12.1. The van der Waals surface area contributed by atoms with Gasteiger partial charge in [0.05, 0.1) is 40.9 Å². The van der Waals surface area contributed by atoms with Crippen molar-refractivity contribution in [3.05, 3.63) is 98.0 Å². The predicted octanol–water partition coefficient (Wildman–Crippen LogP) is 6.78. The number of nitrogens with zero attached hydrogens (tertiary/aromatic N) is 1. The van der Waals surface area contributed by atoms with Gasteiger partial charge in [-0.2, -0.15) is 0 Å². The summed E-state index contributed by atoms with van der Waals surface area (Å²) in [4.78, 5) is 11.5. The number of ether oxygens (including phenoxy) is 3. The number of hydrogen-bond donors (Lipinski definition) is 1. The van der Waals surface area contributed by atoms with Crippen LogP contribution in [0.2, 0.25) is 0 Å². The van der Waals surface area contributed by atoms with Crippen LogP contribution in [-0.2, 0) is 6.61 Å². The number of nitro groups is 1. The molecular weight excluding hydrogens is 512 g/mol. The highest BCUT2D eigenvalue weighted by Gasteiger charge is 2.43. The normalized spacial score (nSPS) is 19.9. The molecule has 3 atom stereocenters. The van der Waals surface area contributed by atoms with Crippen molar-refractivity contribution in [2.24, 2.45) is 5.92 Å². The van der Waals surface area contributed by atoms with Gasteiger partial charge in [0.2, 0.25) is 0 Å². The predicted molar refractivity (Wildman–Crippen MR) is 137 cm³/mol. The summed E-state index contributed by atoms with van der Waals surface area (Å²) >= 11 is 3.68. The maximum Gasteiger partial charge on any atom is 0.275 e. The third-order valence-electron chi connectivity index (χ3n) is 6.71. The molecule has 5 rings (SSSR count). The summed E-state index contributed by atoms with van der Waals surface area (Å²) in [6.07, 6.45) is 4.99. The van der Waals surface area contributed by atoms with Crippen LogP contribution in [0.25, 0.3) is 0 Å². The van der Waals surface area contributed by atoms with E-state index in [0.717, 1.165) is 22.0 Å². The molecule has 3 aromatic rings. The number of methoxy groups -OCH3 is 2. The van der Waals surface area contributed by atoms with Crippen molar-refractivity contribution in [1.29, 1.82) is 0 Å². The van der Waals surface area contributed by atoms with Gasteiger partial charge in [-0.1, -0.05) is 42.5 Å². The fraction of sp³-hybridized carbons (Fsp3) is 0.259. The van der Waals surface area contributed by atoms with Gasteiger partial charge in [0.1, 0.15) is 12.4 Å². The second-order valence-corrected chi connectivity index (χ2v) is 9.47. The molecule has 0 fully saturated rings. The van der Waals surface area contributed by atoms with Crippen LogP contribution in [-0.4, -0.2) is 19.1 Å². The maximum absolute atomic E-state index is 11.8. The third kappa shape index (κ3) is 4.23. The highest BCUT2D eigenvalue weighted by molar-refractivity contribution is 9.10. The van der Waals surface area contributed by atoms with E-state index in [1.54, 1.807) is 20.3 Å². The minimum atomic E-state index is -0.317. The summed E-state index contributed by atoms with van der Waals surface area (Å²) in [5, 5.41) is 15.4. The molecule has 7 nitrogen and oxygen atoms in total. The van der Waals surface area contributed by atoms with Crippen molar-refractivity contribution >= 4 is 27.3 Å². The summed E-state index contributed by atoms with van der Waals surface area (Å²) in [6.45, 7) is 0.416. The average Bonchev–Trinajstić information content (AvgIpc) is 3.37. The van der Waals surface area contributed by atoms with Gasteiger partial charge in [0.15, 0.2) is 11.5 Å². The van der Waals surface area contributed by atoms with Gasteiger partial charge in [-0.3, -0.25) is 10.1 Å². The number of anilines is 1. The Morgan fingerprint density at radius 1 is 1.09 bits per heavy atom. The van der Waals surface area contributed by atoms with Crippen molar-refractivity contribution in [2.45, 2.75) is 25.0 Å². The lowest BCUT2D eigenvalue weighted by Crippen LogP contribution is -2.30. The largest absolute Gasteiger partial charge is 0.495 e. The summed E-state index contributed by atoms with van der Waals surface area (Å²) in [5.41, 5.74) is 3.51. The number of nitrogens with one attached hydrogen (secondary N) is 1. The first kappa shape index (κ1) is 23.2. The molecule has 1 heterocycles. The number of hydrogen-bond acceptors (Lipinski definition) is 6. The zero-order valence-corrected chi connectivity index (χ0v) is 20.9. The van der Waals surface area contributed by atoms with E-state index in [1.165, 1.54) is 6.07 Å². The first-order valence-electron chi connectivity index (χ1n) is 11.3. The standard InChI is InChI=1S/C27H25BrN2O5/c1-33-22-12-11-21(30(31)32)24-18-9-6-10-19(18)25(29-26(22)24)17-13-20(28)27(23(14-17)34-2)35-15-16-7-4-3-5-8-16/h3-9,11-14,18-19,25,29H,10,15H2,1-2H3/t18-,19+,25+/m0/s1. The minimum Gasteiger partial charge on any atom is -0.495 e. The van der Waals surface area contributed by atoms with E-state index in [2.05, 4.69) is 33.4 Å². The van der Waals surface area contributed by atoms with E-state index in [0.29, 0.717) is 35.1 Å². The molecule has 2 aliphatic rings. The Bertz CT molecular complexity index is 1290. The zero-order valence-electron chi connectivity index (χ0n) is 19.4. The molecule has 0 unspecified atom stereocenters. The van der Waals surface area contributed by atoms with Crippen LogP contribution in [0.15, 0.2) is 71.2 Å². The second-order valence-electron chi connectivity index (χ2n) is 8.62. The summed E-state index contributed by atoms with van der Waals surface area (Å²) in [6, 6.07) is 17.0. The van der Waals surface area contributed by atoms with Gasteiger partial charge in [-0.05, 0) is 57.6 Å². The van der Waals surface area contributed by atoms with E-state index < -0.39 is 0 Å². The highest BCUT2D eigenvalue weighted by Crippen LogP contribution is 2.55. The van der Waals surface area contributed by atoms with Crippen molar-refractivity contribution in [2.75, 3.05) is 19.5 Å². The van der Waals surface area contributed by atoms with E-state index in [4.69, 9.17) is 14.2 Å². The van der Waals surface area contributed by atoms with Crippen molar-refractivity contribution in [3.8, 4) is 17.2 Å². The van der Waals surface area contributed by atoms with E-state index >= 15 is 0 Å². The number of allylic oxidation sites excluding steroid dienone is 2. The molecule has 35 heavy (non-hydrogen) atoms. The van der Waals surface area contributed by atoms with Crippen LogP contribution in [0, 0.1) is 16.0 Å². The number of fused-ring (bicyclic) bond motifs is 3. The molecule has 3 aromatic carbocycles. The van der Waals surface area contributed by atoms with Gasteiger partial charge >= 0.3 is 0 Å². The van der Waals surface area contributed by atoms with Gasteiger partial charge in [-0.25, -0.2) is 0 Å². The number of benzene rings is 3. The Kier molecular flexibility index (Phi) is 6.38. The summed E-state index contributed by atoms with van der Waals surface area (Å²) in [7, 11) is 3.20. The van der Waals surface area contributed by atoms with Crippen LogP contribution in [0.3, 0.4) is 0 Å². The highest BCUT2D eigenvalue weighted by atomic mass is 79.9. The maximum atomic E-state index is 11.8. The molecule has 1 aliphatic carbocycles. The Hall–Kier alpha value is -3.52. The fourth-order valence-corrected chi connectivity index (χ4v) is 5.69. The molecular formula is C27H25BrN2O5. The molecule has 0 bridgehead atoms. The molecule has 0 amide bonds. The average molecular weight is 537 g/mol. The smallest absolute Gasteiger partial charge is 0.275 e. The van der Waals surface area contributed by atoms with Crippen molar-refractivity contribution in [3.63, 3.8) is 0 Å². The SMILES string of the molecule is COc1ccc([N+](=O)[O-])c2c1N[C@H](c1cc(Br)c(OCc3ccccc3)c(OC)c1)[C@@H]1CC=C[C@H]21. The molecule has 8 heteroatoms. The van der Waals surface area contributed by atoms with E-state index in [9.17, 15) is 10.1 Å². The fourth-order valence-electron chi connectivity index (χ4n) is 5.11. The Morgan fingerprint density at radius 3 is 2.57 bits per heavy atom. The lowest BCUT2D eigenvalue weighted by atomic mass is 9.76. The van der Waals surface area contributed by atoms with Crippen LogP contribution in [0.5, 0.6) is 17.2 Å². The second kappa shape index (κ2) is 9.62. The number of rotatable bonds is 7. The van der Waals surface area contributed by atoms with Gasteiger partial charge in [0.25, 0.3) is 5.69 Å². The third-order valence-corrected chi connectivity index (χ3v) is 7.30. The van der Waals surface area contributed by atoms with Gasteiger partial charge < -0.3 is 19.5 Å². The molecule has 0 saturated heterocycles. The van der Waals surface area contributed by atoms with Crippen LogP contribution in [0.4, 0.5) is 11.4 Å². The molecule has 180 valence electrons. The summed E-state index contributed by atoms with van der Waals surface area (Å²) < 4.78 is 18.2. The van der Waals surface area contributed by atoms with Gasteiger partial charge in [0, 0.05) is 12.0 Å². The topological polar surface area (TPSA) is 82.9 Å². The zero-order chi connectivity index (χ0) is 24.5. The van der Waals surface area contributed by atoms with Crippen LogP contribution in [0.1, 0.15) is 35.1 Å². The first-order chi connectivity index (χ1) is 17.0. The van der Waals surface area contributed by atoms with E-state index in [1.807, 2.05) is 42.5 Å². The van der Waals surface area contributed by atoms with Gasteiger partial charge in [-0.15, -0.1) is 0 Å². The Morgan fingerprint density at radius 2 is 1.86 bits per heavy atom. The van der Waals surface area contributed by atoms with Crippen molar-refractivity contribution in [1.82, 2.24) is 0 Å². The summed E-state index contributed by atoms with van der Waals surface area (Å²) in [5.74, 6) is 1.85. The number of halogens is 1. The lowest BCUT2D eigenvalue weighted by molar-refractivity contribution is -0.385. The Balaban J connectivity index is 1.53. The molecule has 0 saturated carbocycles. The molecule has 1 N–H and O–H groups in total. The molecule has 0 radical (unpaired) electrons. The minimum absolute atomic E-state index is 0.0921. The quantitative estimate of drug-likeness (QED) is 0.203. The monoisotopic (exact) mass is 536 g/mol. The Labute approximate surface area is 212 Å². The van der Waals surface area contributed by atoms with Crippen LogP contribution >= 0.6 is 15.9 Å². The lowest BCUT2D eigenvalue weighted by Gasteiger charge is -2.38.